The second-order valence-electron chi connectivity index (χ2n) is 4.60. The molecule has 18 heavy (non-hydrogen) atoms. The van der Waals surface area contributed by atoms with Gasteiger partial charge in [-0.05, 0) is 37.5 Å². The van der Waals surface area contributed by atoms with Gasteiger partial charge >= 0.3 is 0 Å². The summed E-state index contributed by atoms with van der Waals surface area (Å²) in [6, 6.07) is 5.07. The number of methoxy groups -OCH3 is 1. The van der Waals surface area contributed by atoms with Gasteiger partial charge in [0.15, 0.2) is 11.6 Å². The van der Waals surface area contributed by atoms with Gasteiger partial charge in [0.1, 0.15) is 0 Å². The van der Waals surface area contributed by atoms with Crippen molar-refractivity contribution in [2.24, 2.45) is 7.05 Å². The minimum atomic E-state index is -0.331. The second kappa shape index (κ2) is 4.12. The van der Waals surface area contributed by atoms with Crippen LogP contribution in [0, 0.1) is 5.82 Å². The predicted octanol–water partition coefficient (Wildman–Crippen LogP) is 2.72. The maximum absolute atomic E-state index is 13.8. The van der Waals surface area contributed by atoms with Crippen molar-refractivity contribution >= 4 is 0 Å². The molecule has 1 aromatic carbocycles. The summed E-state index contributed by atoms with van der Waals surface area (Å²) < 4.78 is 20.6. The molecule has 0 aliphatic heterocycles. The number of ether oxygens (including phenoxy) is 1. The highest BCUT2D eigenvalue weighted by Crippen LogP contribution is 2.33. The van der Waals surface area contributed by atoms with Crippen LogP contribution in [-0.4, -0.2) is 16.9 Å². The molecule has 1 aliphatic carbocycles. The SMILES string of the molecule is COc1ccc(-c2c3c(nn2C)CCC3)cc1F. The number of aromatic nitrogens is 2. The lowest BCUT2D eigenvalue weighted by molar-refractivity contribution is 0.386. The van der Waals surface area contributed by atoms with E-state index in [1.807, 2.05) is 17.8 Å². The third-order valence-corrected chi connectivity index (χ3v) is 3.49. The summed E-state index contributed by atoms with van der Waals surface area (Å²) in [5.41, 5.74) is 4.32. The molecule has 4 heteroatoms. The topological polar surface area (TPSA) is 27.1 Å². The second-order valence-corrected chi connectivity index (χ2v) is 4.60. The van der Waals surface area contributed by atoms with E-state index >= 15 is 0 Å². The Labute approximate surface area is 105 Å². The summed E-state index contributed by atoms with van der Waals surface area (Å²) in [6.07, 6.45) is 3.21. The molecule has 0 amide bonds. The molecule has 0 spiro atoms. The molecular weight excluding hydrogens is 231 g/mol. The number of hydrogen-bond acceptors (Lipinski definition) is 2. The Morgan fingerprint density at radius 2 is 2.17 bits per heavy atom. The van der Waals surface area contributed by atoms with Crippen LogP contribution in [0.3, 0.4) is 0 Å². The average Bonchev–Trinajstić information content (AvgIpc) is 2.88. The normalized spacial score (nSPS) is 13.7. The first-order valence-corrected chi connectivity index (χ1v) is 6.09. The fourth-order valence-corrected chi connectivity index (χ4v) is 2.69. The van der Waals surface area contributed by atoms with Crippen LogP contribution in [0.4, 0.5) is 4.39 Å². The van der Waals surface area contributed by atoms with E-state index in [0.29, 0.717) is 0 Å². The lowest BCUT2D eigenvalue weighted by Crippen LogP contribution is -1.98. The number of benzene rings is 1. The first kappa shape index (κ1) is 11.3. The third-order valence-electron chi connectivity index (χ3n) is 3.49. The molecule has 2 aromatic rings. The Morgan fingerprint density at radius 3 is 2.89 bits per heavy atom. The maximum atomic E-state index is 13.8. The van der Waals surface area contributed by atoms with E-state index in [-0.39, 0.29) is 11.6 Å². The van der Waals surface area contributed by atoms with Crippen molar-refractivity contribution in [3.8, 4) is 17.0 Å². The summed E-state index contributed by atoms with van der Waals surface area (Å²) in [7, 11) is 3.38. The van der Waals surface area contributed by atoms with Gasteiger partial charge in [0, 0.05) is 18.2 Å². The largest absolute Gasteiger partial charge is 0.494 e. The van der Waals surface area contributed by atoms with Crippen molar-refractivity contribution in [2.75, 3.05) is 7.11 Å². The first-order chi connectivity index (χ1) is 8.70. The maximum Gasteiger partial charge on any atom is 0.165 e. The van der Waals surface area contributed by atoms with Crippen LogP contribution >= 0.6 is 0 Å². The molecule has 94 valence electrons. The van der Waals surface area contributed by atoms with Crippen LogP contribution in [0.25, 0.3) is 11.3 Å². The van der Waals surface area contributed by atoms with E-state index in [1.165, 1.54) is 18.7 Å². The van der Waals surface area contributed by atoms with Crippen LogP contribution < -0.4 is 4.74 Å². The minimum absolute atomic E-state index is 0.276. The van der Waals surface area contributed by atoms with E-state index in [9.17, 15) is 4.39 Å². The highest BCUT2D eigenvalue weighted by molar-refractivity contribution is 5.66. The number of hydrogen-bond donors (Lipinski definition) is 0. The van der Waals surface area contributed by atoms with Crippen molar-refractivity contribution in [3.63, 3.8) is 0 Å². The molecule has 0 atom stereocenters. The van der Waals surface area contributed by atoms with Crippen molar-refractivity contribution in [3.05, 3.63) is 35.3 Å². The van der Waals surface area contributed by atoms with E-state index in [2.05, 4.69) is 5.10 Å². The molecular formula is C14H15FN2O. The fraction of sp³-hybridized carbons (Fsp3) is 0.357. The zero-order valence-electron chi connectivity index (χ0n) is 10.5. The molecule has 0 radical (unpaired) electrons. The zero-order chi connectivity index (χ0) is 12.7. The van der Waals surface area contributed by atoms with Crippen molar-refractivity contribution in [1.82, 2.24) is 9.78 Å². The molecule has 0 N–H and O–H groups in total. The van der Waals surface area contributed by atoms with Crippen LogP contribution in [0.15, 0.2) is 18.2 Å². The first-order valence-electron chi connectivity index (χ1n) is 6.09. The summed E-state index contributed by atoms with van der Waals surface area (Å²) >= 11 is 0. The standard InChI is InChI=1S/C14H15FN2O/c1-17-14(10-4-3-5-12(10)16-17)9-6-7-13(18-2)11(15)8-9/h6-8H,3-5H2,1-2H3. The van der Waals surface area contributed by atoms with Gasteiger partial charge in [0.25, 0.3) is 0 Å². The quantitative estimate of drug-likeness (QED) is 0.814. The number of fused-ring (bicyclic) bond motifs is 1. The van der Waals surface area contributed by atoms with E-state index < -0.39 is 0 Å². The van der Waals surface area contributed by atoms with Crippen molar-refractivity contribution in [1.29, 1.82) is 0 Å². The Balaban J connectivity index is 2.13. The van der Waals surface area contributed by atoms with Crippen LogP contribution in [-0.2, 0) is 19.9 Å². The lowest BCUT2D eigenvalue weighted by atomic mass is 10.1. The predicted molar refractivity (Wildman–Crippen MR) is 67.2 cm³/mol. The van der Waals surface area contributed by atoms with Crippen LogP contribution in [0.2, 0.25) is 0 Å². The zero-order valence-corrected chi connectivity index (χ0v) is 10.5. The Hall–Kier alpha value is -1.84. The third kappa shape index (κ3) is 1.60. The summed E-state index contributed by atoms with van der Waals surface area (Å²) in [6.45, 7) is 0. The fourth-order valence-electron chi connectivity index (χ4n) is 2.69. The molecule has 1 aliphatic rings. The van der Waals surface area contributed by atoms with Gasteiger partial charge in [-0.3, -0.25) is 4.68 Å². The van der Waals surface area contributed by atoms with Gasteiger partial charge in [-0.2, -0.15) is 5.10 Å². The highest BCUT2D eigenvalue weighted by atomic mass is 19.1. The monoisotopic (exact) mass is 246 g/mol. The van der Waals surface area contributed by atoms with Crippen LogP contribution in [0.1, 0.15) is 17.7 Å². The number of aryl methyl sites for hydroxylation is 2. The lowest BCUT2D eigenvalue weighted by Gasteiger charge is -2.07. The number of nitrogens with zero attached hydrogens (tertiary/aromatic N) is 2. The molecule has 0 saturated carbocycles. The van der Waals surface area contributed by atoms with Crippen molar-refractivity contribution in [2.45, 2.75) is 19.3 Å². The van der Waals surface area contributed by atoms with Gasteiger partial charge in [-0.1, -0.05) is 0 Å². The minimum Gasteiger partial charge on any atom is -0.494 e. The average molecular weight is 246 g/mol. The molecule has 0 bridgehead atoms. The van der Waals surface area contributed by atoms with Gasteiger partial charge in [0.05, 0.1) is 18.5 Å². The molecule has 0 fully saturated rings. The van der Waals surface area contributed by atoms with Gasteiger partial charge < -0.3 is 4.74 Å². The van der Waals surface area contributed by atoms with Gasteiger partial charge in [-0.15, -0.1) is 0 Å². The molecule has 0 saturated heterocycles. The Bertz CT molecular complexity index is 604. The van der Waals surface area contributed by atoms with E-state index in [0.717, 1.165) is 36.2 Å². The molecule has 3 rings (SSSR count). The smallest absolute Gasteiger partial charge is 0.165 e. The number of rotatable bonds is 2. The molecule has 3 nitrogen and oxygen atoms in total. The molecule has 1 heterocycles. The molecule has 0 unspecified atom stereocenters. The summed E-state index contributed by atoms with van der Waals surface area (Å²) in [5, 5.41) is 4.50. The summed E-state index contributed by atoms with van der Waals surface area (Å²) in [4.78, 5) is 0. The highest BCUT2D eigenvalue weighted by Gasteiger charge is 2.22. The van der Waals surface area contributed by atoms with E-state index in [1.54, 1.807) is 6.07 Å². The van der Waals surface area contributed by atoms with E-state index in [4.69, 9.17) is 4.74 Å². The van der Waals surface area contributed by atoms with Crippen LogP contribution in [0.5, 0.6) is 5.75 Å². The Morgan fingerprint density at radius 1 is 1.33 bits per heavy atom. The van der Waals surface area contributed by atoms with Crippen molar-refractivity contribution < 1.29 is 9.13 Å². The Kier molecular flexibility index (Phi) is 2.58. The number of halogens is 1. The molecule has 1 aromatic heterocycles. The van der Waals surface area contributed by atoms with Gasteiger partial charge in [-0.25, -0.2) is 4.39 Å². The summed E-state index contributed by atoms with van der Waals surface area (Å²) in [5.74, 6) is -0.0551. The van der Waals surface area contributed by atoms with Gasteiger partial charge in [0.2, 0.25) is 0 Å².